The number of nitrogens with zero attached hydrogens (tertiary/aromatic N) is 2. The first kappa shape index (κ1) is 13.5. The van der Waals surface area contributed by atoms with Crippen molar-refractivity contribution in [3.63, 3.8) is 0 Å². The SMILES string of the molecule is O=C(c1ccccc1F)N1CCN(C2CCNC2)CC1. The van der Waals surface area contributed by atoms with Crippen molar-refractivity contribution in [2.24, 2.45) is 0 Å². The molecule has 1 aromatic rings. The third kappa shape index (κ3) is 2.69. The van der Waals surface area contributed by atoms with Gasteiger partial charge in [-0.05, 0) is 25.1 Å². The number of hydrogen-bond acceptors (Lipinski definition) is 3. The molecule has 0 radical (unpaired) electrons. The maximum absolute atomic E-state index is 13.7. The third-order valence-electron chi connectivity index (χ3n) is 4.26. The average molecular weight is 277 g/mol. The lowest BCUT2D eigenvalue weighted by Crippen LogP contribution is -2.52. The van der Waals surface area contributed by atoms with Crippen molar-refractivity contribution < 1.29 is 9.18 Å². The quantitative estimate of drug-likeness (QED) is 0.874. The van der Waals surface area contributed by atoms with E-state index < -0.39 is 5.82 Å². The average Bonchev–Trinajstić information content (AvgIpc) is 3.01. The molecule has 0 spiro atoms. The predicted octanol–water partition coefficient (Wildman–Crippen LogP) is 0.945. The van der Waals surface area contributed by atoms with Crippen molar-refractivity contribution >= 4 is 5.91 Å². The molecule has 3 rings (SSSR count). The third-order valence-corrected chi connectivity index (χ3v) is 4.26. The second-order valence-electron chi connectivity index (χ2n) is 5.45. The molecule has 1 atom stereocenters. The van der Waals surface area contributed by atoms with Crippen molar-refractivity contribution in [2.75, 3.05) is 39.3 Å². The first-order valence-electron chi connectivity index (χ1n) is 7.24. The van der Waals surface area contributed by atoms with Gasteiger partial charge < -0.3 is 10.2 Å². The Morgan fingerprint density at radius 3 is 2.60 bits per heavy atom. The fourth-order valence-corrected chi connectivity index (χ4v) is 3.05. The number of hydrogen-bond donors (Lipinski definition) is 1. The topological polar surface area (TPSA) is 35.6 Å². The van der Waals surface area contributed by atoms with E-state index in [1.807, 2.05) is 0 Å². The summed E-state index contributed by atoms with van der Waals surface area (Å²) in [5, 5.41) is 3.37. The molecule has 2 aliphatic rings. The van der Waals surface area contributed by atoms with E-state index in [1.54, 1.807) is 23.1 Å². The smallest absolute Gasteiger partial charge is 0.256 e. The van der Waals surface area contributed by atoms with Crippen LogP contribution in [0.5, 0.6) is 0 Å². The molecule has 0 bridgehead atoms. The van der Waals surface area contributed by atoms with Crippen LogP contribution in [0.3, 0.4) is 0 Å². The second-order valence-corrected chi connectivity index (χ2v) is 5.45. The molecule has 2 saturated heterocycles. The van der Waals surface area contributed by atoms with Gasteiger partial charge in [-0.25, -0.2) is 4.39 Å². The molecule has 2 aliphatic heterocycles. The molecule has 1 amide bonds. The highest BCUT2D eigenvalue weighted by molar-refractivity contribution is 5.94. The first-order chi connectivity index (χ1) is 9.75. The van der Waals surface area contributed by atoms with Gasteiger partial charge in [0.2, 0.25) is 0 Å². The van der Waals surface area contributed by atoms with Crippen molar-refractivity contribution in [2.45, 2.75) is 12.5 Å². The molecule has 5 heteroatoms. The van der Waals surface area contributed by atoms with E-state index in [9.17, 15) is 9.18 Å². The number of rotatable bonds is 2. The number of benzene rings is 1. The largest absolute Gasteiger partial charge is 0.336 e. The Labute approximate surface area is 118 Å². The summed E-state index contributed by atoms with van der Waals surface area (Å²) in [5.74, 6) is -0.618. The first-order valence-corrected chi connectivity index (χ1v) is 7.24. The number of nitrogens with one attached hydrogen (secondary N) is 1. The molecule has 0 aliphatic carbocycles. The van der Waals surface area contributed by atoms with Crippen molar-refractivity contribution in [3.05, 3.63) is 35.6 Å². The minimum Gasteiger partial charge on any atom is -0.336 e. The molecule has 20 heavy (non-hydrogen) atoms. The Hall–Kier alpha value is -1.46. The molecular formula is C15H20FN3O. The van der Waals surface area contributed by atoms with Crippen LogP contribution in [-0.2, 0) is 0 Å². The van der Waals surface area contributed by atoms with E-state index >= 15 is 0 Å². The summed E-state index contributed by atoms with van der Waals surface area (Å²) in [4.78, 5) is 16.5. The number of amides is 1. The number of carbonyl (C=O) groups excluding carboxylic acids is 1. The molecule has 1 aromatic carbocycles. The zero-order valence-corrected chi connectivity index (χ0v) is 11.5. The summed E-state index contributed by atoms with van der Waals surface area (Å²) in [6.45, 7) is 5.26. The molecule has 0 saturated carbocycles. The summed E-state index contributed by atoms with van der Waals surface area (Å²) >= 11 is 0. The van der Waals surface area contributed by atoms with Gasteiger partial charge in [0.05, 0.1) is 5.56 Å². The molecular weight excluding hydrogens is 257 g/mol. The number of carbonyl (C=O) groups is 1. The van der Waals surface area contributed by atoms with E-state index in [4.69, 9.17) is 0 Å². The molecule has 0 aromatic heterocycles. The molecule has 108 valence electrons. The number of piperazine rings is 1. The van der Waals surface area contributed by atoms with Gasteiger partial charge in [-0.3, -0.25) is 9.69 Å². The van der Waals surface area contributed by atoms with Crippen LogP contribution in [0.1, 0.15) is 16.8 Å². The van der Waals surface area contributed by atoms with Crippen LogP contribution in [0.25, 0.3) is 0 Å². The van der Waals surface area contributed by atoms with Gasteiger partial charge in [-0.1, -0.05) is 12.1 Å². The van der Waals surface area contributed by atoms with Crippen LogP contribution in [0.15, 0.2) is 24.3 Å². The van der Waals surface area contributed by atoms with Gasteiger partial charge in [0, 0.05) is 38.8 Å². The molecule has 2 fully saturated rings. The summed E-state index contributed by atoms with van der Waals surface area (Å²) in [6, 6.07) is 6.81. The molecule has 1 unspecified atom stereocenters. The Morgan fingerprint density at radius 2 is 1.95 bits per heavy atom. The normalized spacial score (nSPS) is 24.1. The monoisotopic (exact) mass is 277 g/mol. The zero-order chi connectivity index (χ0) is 13.9. The van der Waals surface area contributed by atoms with Crippen molar-refractivity contribution in [1.82, 2.24) is 15.1 Å². The fraction of sp³-hybridized carbons (Fsp3) is 0.533. The second kappa shape index (κ2) is 5.89. The van der Waals surface area contributed by atoms with E-state index in [0.717, 1.165) is 26.2 Å². The van der Waals surface area contributed by atoms with Crippen molar-refractivity contribution in [1.29, 1.82) is 0 Å². The zero-order valence-electron chi connectivity index (χ0n) is 11.5. The van der Waals surface area contributed by atoms with Crippen LogP contribution in [0.2, 0.25) is 0 Å². The summed E-state index contributed by atoms with van der Waals surface area (Å²) in [7, 11) is 0. The summed E-state index contributed by atoms with van der Waals surface area (Å²) in [5.41, 5.74) is 0.184. The van der Waals surface area contributed by atoms with E-state index in [-0.39, 0.29) is 11.5 Å². The molecule has 2 heterocycles. The molecule has 1 N–H and O–H groups in total. The Balaban J connectivity index is 1.60. The van der Waals surface area contributed by atoms with Gasteiger partial charge >= 0.3 is 0 Å². The van der Waals surface area contributed by atoms with Crippen LogP contribution in [0.4, 0.5) is 4.39 Å². The van der Waals surface area contributed by atoms with Gasteiger partial charge in [0.1, 0.15) is 5.82 Å². The van der Waals surface area contributed by atoms with Gasteiger partial charge in [-0.15, -0.1) is 0 Å². The molecule has 4 nitrogen and oxygen atoms in total. The Morgan fingerprint density at radius 1 is 1.20 bits per heavy atom. The maximum Gasteiger partial charge on any atom is 0.256 e. The lowest BCUT2D eigenvalue weighted by Gasteiger charge is -2.37. The standard InChI is InChI=1S/C15H20FN3O/c16-14-4-2-1-3-13(14)15(20)19-9-7-18(8-10-19)12-5-6-17-11-12/h1-4,12,17H,5-11H2. The summed E-state index contributed by atoms with van der Waals surface area (Å²) in [6.07, 6.45) is 1.18. The van der Waals surface area contributed by atoms with Gasteiger partial charge in [0.25, 0.3) is 5.91 Å². The van der Waals surface area contributed by atoms with E-state index in [1.165, 1.54) is 12.5 Å². The van der Waals surface area contributed by atoms with E-state index in [0.29, 0.717) is 19.1 Å². The van der Waals surface area contributed by atoms with Crippen molar-refractivity contribution in [3.8, 4) is 0 Å². The number of halogens is 1. The maximum atomic E-state index is 13.7. The minimum absolute atomic E-state index is 0.184. The van der Waals surface area contributed by atoms with Crippen LogP contribution in [-0.4, -0.2) is 61.0 Å². The Bertz CT molecular complexity index is 480. The highest BCUT2D eigenvalue weighted by Crippen LogP contribution is 2.15. The minimum atomic E-state index is -0.431. The van der Waals surface area contributed by atoms with E-state index in [2.05, 4.69) is 10.2 Å². The fourth-order valence-electron chi connectivity index (χ4n) is 3.05. The highest BCUT2D eigenvalue weighted by Gasteiger charge is 2.28. The van der Waals surface area contributed by atoms with Crippen LogP contribution in [0, 0.1) is 5.82 Å². The van der Waals surface area contributed by atoms with Gasteiger partial charge in [0.15, 0.2) is 0 Å². The lowest BCUT2D eigenvalue weighted by atomic mass is 10.1. The highest BCUT2D eigenvalue weighted by atomic mass is 19.1. The lowest BCUT2D eigenvalue weighted by molar-refractivity contribution is 0.0579. The van der Waals surface area contributed by atoms with Crippen LogP contribution >= 0.6 is 0 Å². The van der Waals surface area contributed by atoms with Crippen LogP contribution < -0.4 is 5.32 Å². The Kier molecular flexibility index (Phi) is 3.98. The predicted molar refractivity (Wildman–Crippen MR) is 75.2 cm³/mol. The van der Waals surface area contributed by atoms with Gasteiger partial charge in [-0.2, -0.15) is 0 Å². The summed E-state index contributed by atoms with van der Waals surface area (Å²) < 4.78 is 13.7.